The summed E-state index contributed by atoms with van der Waals surface area (Å²) >= 11 is 0. The first-order valence-electron chi connectivity index (χ1n) is 4.47. The van der Waals surface area contributed by atoms with Crippen LogP contribution in [-0.4, -0.2) is 11.6 Å². The molecule has 0 fully saturated rings. The molecule has 0 saturated heterocycles. The van der Waals surface area contributed by atoms with Gasteiger partial charge in [-0.2, -0.15) is 5.10 Å². The molecule has 1 rings (SSSR count). The maximum Gasteiger partial charge on any atom is 0.271 e. The molecule has 0 aromatic heterocycles. The SMILES string of the molecule is CC(C)=NNC(=O)c1ccc(C)cc1. The fraction of sp³-hybridized carbons (Fsp3) is 0.273. The number of amides is 1. The second-order valence-corrected chi connectivity index (χ2v) is 3.37. The zero-order chi connectivity index (χ0) is 10.6. The van der Waals surface area contributed by atoms with Gasteiger partial charge in [-0.05, 0) is 32.9 Å². The van der Waals surface area contributed by atoms with Crippen molar-refractivity contribution in [3.63, 3.8) is 0 Å². The Morgan fingerprint density at radius 2 is 1.79 bits per heavy atom. The molecule has 0 heterocycles. The fourth-order valence-electron chi connectivity index (χ4n) is 0.932. The molecule has 74 valence electrons. The number of benzene rings is 1. The first-order valence-corrected chi connectivity index (χ1v) is 4.47. The summed E-state index contributed by atoms with van der Waals surface area (Å²) in [5, 5.41) is 3.84. The van der Waals surface area contributed by atoms with Gasteiger partial charge in [0.1, 0.15) is 0 Å². The van der Waals surface area contributed by atoms with Gasteiger partial charge in [0, 0.05) is 11.3 Å². The topological polar surface area (TPSA) is 41.5 Å². The lowest BCUT2D eigenvalue weighted by Gasteiger charge is -2.00. The van der Waals surface area contributed by atoms with Gasteiger partial charge < -0.3 is 0 Å². The van der Waals surface area contributed by atoms with Crippen LogP contribution in [0.5, 0.6) is 0 Å². The van der Waals surface area contributed by atoms with Crippen molar-refractivity contribution in [2.45, 2.75) is 20.8 Å². The van der Waals surface area contributed by atoms with Crippen LogP contribution in [0.25, 0.3) is 0 Å². The molecule has 0 unspecified atom stereocenters. The van der Waals surface area contributed by atoms with Gasteiger partial charge in [0.15, 0.2) is 0 Å². The van der Waals surface area contributed by atoms with Crippen LogP contribution in [0.15, 0.2) is 29.4 Å². The van der Waals surface area contributed by atoms with Gasteiger partial charge in [0.05, 0.1) is 0 Å². The predicted octanol–water partition coefficient (Wildman–Crippen LogP) is 2.12. The van der Waals surface area contributed by atoms with Gasteiger partial charge in [0.25, 0.3) is 5.91 Å². The van der Waals surface area contributed by atoms with Crippen molar-refractivity contribution in [2.75, 3.05) is 0 Å². The van der Waals surface area contributed by atoms with Crippen LogP contribution in [0.2, 0.25) is 0 Å². The number of nitrogens with zero attached hydrogens (tertiary/aromatic N) is 1. The van der Waals surface area contributed by atoms with Crippen molar-refractivity contribution in [3.05, 3.63) is 35.4 Å². The van der Waals surface area contributed by atoms with E-state index in [0.717, 1.165) is 11.3 Å². The summed E-state index contributed by atoms with van der Waals surface area (Å²) in [6, 6.07) is 7.37. The van der Waals surface area contributed by atoms with Crippen LogP contribution in [0, 0.1) is 6.92 Å². The van der Waals surface area contributed by atoms with E-state index >= 15 is 0 Å². The molecule has 0 aliphatic carbocycles. The monoisotopic (exact) mass is 190 g/mol. The van der Waals surface area contributed by atoms with Crippen molar-refractivity contribution >= 4 is 11.6 Å². The molecule has 3 heteroatoms. The normalized spacial score (nSPS) is 9.36. The minimum atomic E-state index is -0.175. The van der Waals surface area contributed by atoms with E-state index < -0.39 is 0 Å². The van der Waals surface area contributed by atoms with Crippen LogP contribution in [0.3, 0.4) is 0 Å². The molecule has 0 spiro atoms. The number of rotatable bonds is 2. The minimum Gasteiger partial charge on any atom is -0.267 e. The molecule has 1 N–H and O–H groups in total. The predicted molar refractivity (Wildman–Crippen MR) is 57.4 cm³/mol. The third-order valence-corrected chi connectivity index (χ3v) is 1.69. The summed E-state index contributed by atoms with van der Waals surface area (Å²) in [4.78, 5) is 11.4. The second-order valence-electron chi connectivity index (χ2n) is 3.37. The summed E-state index contributed by atoms with van der Waals surface area (Å²) in [7, 11) is 0. The third kappa shape index (κ3) is 3.01. The standard InChI is InChI=1S/C11H14N2O/c1-8(2)12-13-11(14)10-6-4-9(3)5-7-10/h4-7H,1-3H3,(H,13,14). The van der Waals surface area contributed by atoms with E-state index in [1.54, 1.807) is 12.1 Å². The van der Waals surface area contributed by atoms with Crippen molar-refractivity contribution in [1.29, 1.82) is 0 Å². The van der Waals surface area contributed by atoms with Gasteiger partial charge in [-0.15, -0.1) is 0 Å². The van der Waals surface area contributed by atoms with Crippen LogP contribution in [0.4, 0.5) is 0 Å². The Morgan fingerprint density at radius 1 is 1.21 bits per heavy atom. The molecule has 0 saturated carbocycles. The smallest absolute Gasteiger partial charge is 0.267 e. The lowest BCUT2D eigenvalue weighted by Crippen LogP contribution is -2.18. The Morgan fingerprint density at radius 3 is 2.29 bits per heavy atom. The van der Waals surface area contributed by atoms with E-state index in [0.29, 0.717) is 5.56 Å². The summed E-state index contributed by atoms with van der Waals surface area (Å²) < 4.78 is 0. The molecule has 0 bridgehead atoms. The van der Waals surface area contributed by atoms with Crippen LogP contribution in [0.1, 0.15) is 29.8 Å². The second kappa shape index (κ2) is 4.56. The van der Waals surface area contributed by atoms with Crippen molar-refractivity contribution < 1.29 is 4.79 Å². The first-order chi connectivity index (χ1) is 6.59. The molecule has 3 nitrogen and oxygen atoms in total. The number of hydrogen-bond acceptors (Lipinski definition) is 2. The number of nitrogens with one attached hydrogen (secondary N) is 1. The summed E-state index contributed by atoms with van der Waals surface area (Å²) in [5.74, 6) is -0.175. The van der Waals surface area contributed by atoms with Gasteiger partial charge in [-0.3, -0.25) is 4.79 Å². The zero-order valence-electron chi connectivity index (χ0n) is 8.66. The summed E-state index contributed by atoms with van der Waals surface area (Å²) in [5.41, 5.74) is 5.05. The molecular weight excluding hydrogens is 176 g/mol. The van der Waals surface area contributed by atoms with Crippen LogP contribution < -0.4 is 5.43 Å². The highest BCUT2D eigenvalue weighted by atomic mass is 16.2. The molecule has 14 heavy (non-hydrogen) atoms. The molecule has 1 aromatic rings. The fourth-order valence-corrected chi connectivity index (χ4v) is 0.932. The zero-order valence-corrected chi connectivity index (χ0v) is 8.66. The maximum atomic E-state index is 11.4. The number of hydrogen-bond donors (Lipinski definition) is 1. The van der Waals surface area contributed by atoms with Gasteiger partial charge in [-0.25, -0.2) is 5.43 Å². The Balaban J connectivity index is 2.70. The molecule has 0 atom stereocenters. The molecule has 0 aliphatic heterocycles. The van der Waals surface area contributed by atoms with Gasteiger partial charge in [-0.1, -0.05) is 17.7 Å². The van der Waals surface area contributed by atoms with Gasteiger partial charge in [0.2, 0.25) is 0 Å². The van der Waals surface area contributed by atoms with Crippen LogP contribution in [-0.2, 0) is 0 Å². The van der Waals surface area contributed by atoms with Crippen molar-refractivity contribution in [2.24, 2.45) is 5.10 Å². The third-order valence-electron chi connectivity index (χ3n) is 1.69. The lowest BCUT2D eigenvalue weighted by atomic mass is 10.1. The quantitative estimate of drug-likeness (QED) is 0.563. The van der Waals surface area contributed by atoms with E-state index in [2.05, 4.69) is 10.5 Å². The Kier molecular flexibility index (Phi) is 3.40. The van der Waals surface area contributed by atoms with E-state index in [4.69, 9.17) is 0 Å². The number of aryl methyl sites for hydroxylation is 1. The molecule has 1 aromatic carbocycles. The highest BCUT2D eigenvalue weighted by Gasteiger charge is 2.02. The Labute approximate surface area is 83.8 Å². The minimum absolute atomic E-state index is 0.175. The van der Waals surface area contributed by atoms with Crippen molar-refractivity contribution in [3.8, 4) is 0 Å². The lowest BCUT2D eigenvalue weighted by molar-refractivity contribution is 0.0955. The number of carbonyl (C=O) groups excluding carboxylic acids is 1. The van der Waals surface area contributed by atoms with E-state index in [9.17, 15) is 4.79 Å². The van der Waals surface area contributed by atoms with E-state index in [1.807, 2.05) is 32.9 Å². The number of carbonyl (C=O) groups is 1. The average Bonchev–Trinajstić information content (AvgIpc) is 2.15. The largest absolute Gasteiger partial charge is 0.271 e. The maximum absolute atomic E-state index is 11.4. The number of hydrazone groups is 1. The summed E-state index contributed by atoms with van der Waals surface area (Å²) in [6.45, 7) is 5.64. The molecule has 0 aliphatic rings. The molecule has 1 amide bonds. The Bertz CT molecular complexity index is 348. The first kappa shape index (κ1) is 10.4. The summed E-state index contributed by atoms with van der Waals surface area (Å²) in [6.07, 6.45) is 0. The van der Waals surface area contributed by atoms with Gasteiger partial charge >= 0.3 is 0 Å². The van der Waals surface area contributed by atoms with E-state index in [-0.39, 0.29) is 5.91 Å². The highest BCUT2D eigenvalue weighted by molar-refractivity contribution is 5.95. The van der Waals surface area contributed by atoms with Crippen LogP contribution >= 0.6 is 0 Å². The molecule has 0 radical (unpaired) electrons. The van der Waals surface area contributed by atoms with Crippen molar-refractivity contribution in [1.82, 2.24) is 5.43 Å². The Hall–Kier alpha value is -1.64. The molecular formula is C11H14N2O. The van der Waals surface area contributed by atoms with E-state index in [1.165, 1.54) is 0 Å². The highest BCUT2D eigenvalue weighted by Crippen LogP contribution is 2.02. The average molecular weight is 190 g/mol.